The number of hydrogen-bond donors (Lipinski definition) is 2. The Kier molecular flexibility index (Phi) is 4.42. The molecule has 0 atom stereocenters. The summed E-state index contributed by atoms with van der Waals surface area (Å²) in [5.74, 6) is -1.70. The van der Waals surface area contributed by atoms with E-state index in [0.717, 1.165) is 0 Å². The zero-order valence-corrected chi connectivity index (χ0v) is 9.92. The number of nitrogens with zero attached hydrogens (tertiary/aromatic N) is 2. The summed E-state index contributed by atoms with van der Waals surface area (Å²) in [5, 5.41) is 10.2. The fourth-order valence-corrected chi connectivity index (χ4v) is 2.17. The van der Waals surface area contributed by atoms with Crippen LogP contribution in [0, 0.1) is 16.9 Å². The number of nitrogens with one attached hydrogen (secondary N) is 2. The maximum absolute atomic E-state index is 12.4. The van der Waals surface area contributed by atoms with Gasteiger partial charge in [-0.05, 0) is 32.6 Å². The van der Waals surface area contributed by atoms with Gasteiger partial charge in [0, 0.05) is 5.92 Å². The van der Waals surface area contributed by atoms with Gasteiger partial charge in [-0.25, -0.2) is 5.01 Å². The molecule has 1 rings (SSSR count). The molecule has 8 heteroatoms. The first kappa shape index (κ1) is 14.6. The maximum Gasteiger partial charge on any atom is 0.450 e. The van der Waals surface area contributed by atoms with Crippen molar-refractivity contribution >= 4 is 11.6 Å². The van der Waals surface area contributed by atoms with Crippen LogP contribution >= 0.6 is 0 Å². The predicted molar refractivity (Wildman–Crippen MR) is 57.2 cm³/mol. The van der Waals surface area contributed by atoms with E-state index >= 15 is 0 Å². The average Bonchev–Trinajstić information content (AvgIpc) is 2.29. The third kappa shape index (κ3) is 3.27. The molecule has 1 aliphatic carbocycles. The zero-order chi connectivity index (χ0) is 13.9. The number of carbonyl (C=O) groups is 1. The summed E-state index contributed by atoms with van der Waals surface area (Å²) in [6.45, 7) is 1.47. The molecular formula is C10H15F3N4O. The van der Waals surface area contributed by atoms with Crippen LogP contribution in [0.1, 0.15) is 32.6 Å². The molecule has 0 amide bonds. The Morgan fingerprint density at radius 3 is 2.11 bits per heavy atom. The van der Waals surface area contributed by atoms with Crippen LogP contribution in [0.2, 0.25) is 0 Å². The molecule has 0 heterocycles. The Balaban J connectivity index is 2.67. The number of rotatable bonds is 3. The van der Waals surface area contributed by atoms with Gasteiger partial charge in [0.2, 0.25) is 5.84 Å². The van der Waals surface area contributed by atoms with Crippen LogP contribution < -0.4 is 0 Å². The normalized spacial score (nSPS) is 24.4. The number of amidine groups is 1. The molecule has 0 aromatic heterocycles. The summed E-state index contributed by atoms with van der Waals surface area (Å²) in [6, 6.07) is -0.618. The number of hydrogen-bond acceptors (Lipinski definition) is 4. The summed E-state index contributed by atoms with van der Waals surface area (Å²) in [4.78, 5) is 11.1. The first-order valence-corrected chi connectivity index (χ1v) is 5.60. The third-order valence-corrected chi connectivity index (χ3v) is 3.22. The molecule has 0 spiro atoms. The Morgan fingerprint density at radius 1 is 1.28 bits per heavy atom. The van der Waals surface area contributed by atoms with Gasteiger partial charge >= 0.3 is 6.18 Å². The Bertz CT molecular complexity index is 348. The first-order chi connectivity index (χ1) is 8.27. The molecule has 0 unspecified atom stereocenters. The second-order valence-corrected chi connectivity index (χ2v) is 4.41. The minimum absolute atomic E-state index is 0.0358. The fraction of sp³-hybridized carbons (Fsp3) is 0.800. The first-order valence-electron chi connectivity index (χ1n) is 5.60. The van der Waals surface area contributed by atoms with Crippen LogP contribution in [0.25, 0.3) is 0 Å². The third-order valence-electron chi connectivity index (χ3n) is 3.22. The standard InChI is InChI=1S/C10H15F3N4O/c1-6(18)7-2-4-8(5-3-7)17(16-15)9(14)10(11,12)13/h7-8,14-15H,2-5H2,1H3. The molecule has 0 aliphatic heterocycles. The summed E-state index contributed by atoms with van der Waals surface area (Å²) in [6.07, 6.45) is -3.16. The van der Waals surface area contributed by atoms with Crippen LogP contribution in [-0.2, 0) is 4.79 Å². The maximum atomic E-state index is 12.4. The lowest BCUT2D eigenvalue weighted by molar-refractivity contribution is -0.122. The van der Waals surface area contributed by atoms with E-state index < -0.39 is 18.1 Å². The lowest BCUT2D eigenvalue weighted by Crippen LogP contribution is -2.45. The highest BCUT2D eigenvalue weighted by molar-refractivity contribution is 5.84. The van der Waals surface area contributed by atoms with Crippen LogP contribution in [-0.4, -0.2) is 28.8 Å². The molecule has 1 fully saturated rings. The molecule has 0 radical (unpaired) electrons. The average molecular weight is 264 g/mol. The van der Waals surface area contributed by atoms with Gasteiger partial charge in [0.05, 0.1) is 6.04 Å². The summed E-state index contributed by atoms with van der Waals surface area (Å²) in [7, 11) is 0. The Labute approximate surface area is 102 Å². The Hall–Kier alpha value is -1.47. The molecule has 0 saturated heterocycles. The minimum Gasteiger partial charge on any atom is -0.300 e. The van der Waals surface area contributed by atoms with Crippen LogP contribution in [0.3, 0.4) is 0 Å². The summed E-state index contributed by atoms with van der Waals surface area (Å²) >= 11 is 0. The van der Waals surface area contributed by atoms with Gasteiger partial charge in [0.1, 0.15) is 5.78 Å². The van der Waals surface area contributed by atoms with Crippen molar-refractivity contribution in [2.24, 2.45) is 11.1 Å². The zero-order valence-electron chi connectivity index (χ0n) is 9.92. The monoisotopic (exact) mass is 264 g/mol. The van der Waals surface area contributed by atoms with E-state index in [9.17, 15) is 18.0 Å². The highest BCUT2D eigenvalue weighted by atomic mass is 19.4. The highest BCUT2D eigenvalue weighted by Crippen LogP contribution is 2.31. The molecule has 2 N–H and O–H groups in total. The number of alkyl halides is 3. The second kappa shape index (κ2) is 5.45. The molecular weight excluding hydrogens is 249 g/mol. The van der Waals surface area contributed by atoms with Crippen LogP contribution in [0.15, 0.2) is 5.22 Å². The molecule has 18 heavy (non-hydrogen) atoms. The fourth-order valence-electron chi connectivity index (χ4n) is 2.17. The van der Waals surface area contributed by atoms with E-state index in [1.807, 2.05) is 0 Å². The van der Waals surface area contributed by atoms with E-state index in [0.29, 0.717) is 30.7 Å². The quantitative estimate of drug-likeness (QED) is 0.355. The van der Waals surface area contributed by atoms with Crippen molar-refractivity contribution in [1.29, 1.82) is 10.9 Å². The van der Waals surface area contributed by atoms with Crippen molar-refractivity contribution in [3.63, 3.8) is 0 Å². The van der Waals surface area contributed by atoms with Crippen molar-refractivity contribution < 1.29 is 18.0 Å². The van der Waals surface area contributed by atoms with E-state index in [4.69, 9.17) is 10.9 Å². The van der Waals surface area contributed by atoms with E-state index in [2.05, 4.69) is 5.22 Å². The van der Waals surface area contributed by atoms with Crippen molar-refractivity contribution in [1.82, 2.24) is 5.01 Å². The molecule has 1 saturated carbocycles. The number of carbonyl (C=O) groups excluding carboxylic acids is 1. The van der Waals surface area contributed by atoms with Crippen molar-refractivity contribution in [3.05, 3.63) is 0 Å². The molecule has 102 valence electrons. The number of ketones is 1. The second-order valence-electron chi connectivity index (χ2n) is 4.41. The Morgan fingerprint density at radius 2 is 1.78 bits per heavy atom. The molecule has 0 aromatic carbocycles. The minimum atomic E-state index is -4.80. The number of halogens is 3. The van der Waals surface area contributed by atoms with Gasteiger partial charge in [-0.2, -0.15) is 18.7 Å². The highest BCUT2D eigenvalue weighted by Gasteiger charge is 2.42. The van der Waals surface area contributed by atoms with Crippen LogP contribution in [0.4, 0.5) is 13.2 Å². The molecule has 0 bridgehead atoms. The van der Waals surface area contributed by atoms with Gasteiger partial charge < -0.3 is 0 Å². The van der Waals surface area contributed by atoms with Gasteiger partial charge in [-0.15, -0.1) is 0 Å². The van der Waals surface area contributed by atoms with Gasteiger partial charge in [-0.1, -0.05) is 5.22 Å². The largest absolute Gasteiger partial charge is 0.450 e. The van der Waals surface area contributed by atoms with Crippen molar-refractivity contribution in [3.8, 4) is 0 Å². The number of Topliss-reactive ketones (excluding diaryl/α,β-unsaturated/α-hetero) is 1. The van der Waals surface area contributed by atoms with E-state index in [1.54, 1.807) is 0 Å². The lowest BCUT2D eigenvalue weighted by atomic mass is 9.83. The summed E-state index contributed by atoms with van der Waals surface area (Å²) in [5.41, 5.74) is 6.78. The lowest BCUT2D eigenvalue weighted by Gasteiger charge is -2.33. The summed E-state index contributed by atoms with van der Waals surface area (Å²) < 4.78 is 37.1. The van der Waals surface area contributed by atoms with Crippen molar-refractivity contribution in [2.45, 2.75) is 44.8 Å². The molecule has 0 aromatic rings. The topological polar surface area (TPSA) is 80.4 Å². The van der Waals surface area contributed by atoms with E-state index in [1.165, 1.54) is 6.92 Å². The van der Waals surface area contributed by atoms with E-state index in [-0.39, 0.29) is 11.7 Å². The van der Waals surface area contributed by atoms with Gasteiger partial charge in [-0.3, -0.25) is 10.2 Å². The smallest absolute Gasteiger partial charge is 0.300 e. The van der Waals surface area contributed by atoms with Gasteiger partial charge in [0.25, 0.3) is 0 Å². The molecule has 5 nitrogen and oxygen atoms in total. The van der Waals surface area contributed by atoms with Crippen molar-refractivity contribution in [2.75, 3.05) is 0 Å². The molecule has 1 aliphatic rings. The predicted octanol–water partition coefficient (Wildman–Crippen LogP) is 2.92. The van der Waals surface area contributed by atoms with Gasteiger partial charge in [0.15, 0.2) is 0 Å². The van der Waals surface area contributed by atoms with Crippen LogP contribution in [0.5, 0.6) is 0 Å². The SMILES string of the molecule is CC(=O)C1CCC(N(N=N)C(=N)C(F)(F)F)CC1.